The Hall–Kier alpha value is -1.81. The number of aliphatic imine (C=N–C) groups is 1. The molecule has 0 aliphatic heterocycles. The average molecular weight is 514 g/mol. The second-order valence-electron chi connectivity index (χ2n) is 6.96. The lowest BCUT2D eigenvalue weighted by molar-refractivity contribution is 0.606. The van der Waals surface area contributed by atoms with Crippen LogP contribution in [0.15, 0.2) is 59.6 Å². The van der Waals surface area contributed by atoms with E-state index in [1.54, 1.807) is 19.2 Å². The third-order valence-electron chi connectivity index (χ3n) is 4.82. The molecule has 3 N–H and O–H groups in total. The Labute approximate surface area is 184 Å². The Morgan fingerprint density at radius 3 is 2.29 bits per heavy atom. The molecule has 28 heavy (non-hydrogen) atoms. The molecule has 0 spiro atoms. The van der Waals surface area contributed by atoms with Gasteiger partial charge in [-0.3, -0.25) is 9.71 Å². The maximum absolute atomic E-state index is 11.5. The standard InChI is InChI=1S/C20H26N4O2S.HI/c1-21-19(23-15-20(12-13-20)17-9-4-3-5-10-17)22-14-16-8-6-7-11-18(16)24-27(2,25)26;/h3-11,24H,12-15H2,1-2H3,(H2,21,22,23);1H. The molecule has 8 heteroatoms. The van der Waals surface area contributed by atoms with Crippen molar-refractivity contribution in [1.82, 2.24) is 10.6 Å². The van der Waals surface area contributed by atoms with Crippen LogP contribution in [-0.2, 0) is 22.0 Å². The van der Waals surface area contributed by atoms with Gasteiger partial charge in [0.05, 0.1) is 11.9 Å². The van der Waals surface area contributed by atoms with Crippen LogP contribution in [0.4, 0.5) is 5.69 Å². The highest BCUT2D eigenvalue weighted by Gasteiger charge is 2.43. The van der Waals surface area contributed by atoms with E-state index in [9.17, 15) is 8.42 Å². The molecule has 3 rings (SSSR count). The van der Waals surface area contributed by atoms with Gasteiger partial charge in [-0.2, -0.15) is 0 Å². The van der Waals surface area contributed by atoms with E-state index in [0.29, 0.717) is 18.2 Å². The number of benzene rings is 2. The third kappa shape index (κ3) is 6.10. The molecule has 0 atom stereocenters. The van der Waals surface area contributed by atoms with Crippen molar-refractivity contribution in [3.05, 3.63) is 65.7 Å². The van der Waals surface area contributed by atoms with E-state index in [0.717, 1.165) is 18.4 Å². The molecule has 1 saturated carbocycles. The highest BCUT2D eigenvalue weighted by atomic mass is 127. The molecule has 6 nitrogen and oxygen atoms in total. The van der Waals surface area contributed by atoms with Gasteiger partial charge in [0, 0.05) is 25.6 Å². The molecule has 0 saturated heterocycles. The van der Waals surface area contributed by atoms with E-state index in [2.05, 4.69) is 44.6 Å². The number of nitrogens with one attached hydrogen (secondary N) is 3. The summed E-state index contributed by atoms with van der Waals surface area (Å²) >= 11 is 0. The van der Waals surface area contributed by atoms with Crippen molar-refractivity contribution in [2.45, 2.75) is 24.8 Å². The Morgan fingerprint density at radius 1 is 1.04 bits per heavy atom. The molecule has 2 aromatic carbocycles. The van der Waals surface area contributed by atoms with Crippen LogP contribution in [0.2, 0.25) is 0 Å². The summed E-state index contributed by atoms with van der Waals surface area (Å²) in [5, 5.41) is 6.68. The SMILES string of the molecule is CN=C(NCc1ccccc1NS(C)(=O)=O)NCC1(c2ccccc2)CC1.I. The second-order valence-corrected chi connectivity index (χ2v) is 8.71. The van der Waals surface area contributed by atoms with Gasteiger partial charge in [-0.05, 0) is 30.0 Å². The van der Waals surface area contributed by atoms with Gasteiger partial charge < -0.3 is 10.6 Å². The first-order valence-corrected chi connectivity index (χ1v) is 10.9. The summed E-state index contributed by atoms with van der Waals surface area (Å²) in [7, 11) is -1.59. The fourth-order valence-electron chi connectivity index (χ4n) is 3.14. The lowest BCUT2D eigenvalue weighted by Gasteiger charge is -2.19. The summed E-state index contributed by atoms with van der Waals surface area (Å²) in [6, 6.07) is 17.9. The molecule has 0 bridgehead atoms. The molecule has 2 aromatic rings. The van der Waals surface area contributed by atoms with Crippen LogP contribution in [0, 0.1) is 0 Å². The Balaban J connectivity index is 0.00000280. The number of para-hydroxylation sites is 1. The van der Waals surface area contributed by atoms with Crippen molar-refractivity contribution in [2.75, 3.05) is 24.6 Å². The zero-order valence-corrected chi connectivity index (χ0v) is 19.3. The van der Waals surface area contributed by atoms with Gasteiger partial charge in [-0.15, -0.1) is 24.0 Å². The van der Waals surface area contributed by atoms with E-state index in [1.807, 2.05) is 18.2 Å². The Bertz CT molecular complexity index is 913. The number of sulfonamides is 1. The average Bonchev–Trinajstić information content (AvgIpc) is 3.44. The van der Waals surface area contributed by atoms with Crippen molar-refractivity contribution < 1.29 is 8.42 Å². The van der Waals surface area contributed by atoms with E-state index in [1.165, 1.54) is 18.4 Å². The minimum atomic E-state index is -3.32. The van der Waals surface area contributed by atoms with Crippen LogP contribution in [-0.4, -0.2) is 34.2 Å². The number of hydrogen-bond acceptors (Lipinski definition) is 3. The van der Waals surface area contributed by atoms with E-state index < -0.39 is 10.0 Å². The van der Waals surface area contributed by atoms with Crippen molar-refractivity contribution in [2.24, 2.45) is 4.99 Å². The number of hydrogen-bond donors (Lipinski definition) is 3. The molecule has 0 aromatic heterocycles. The summed E-state index contributed by atoms with van der Waals surface area (Å²) in [6.07, 6.45) is 3.49. The maximum Gasteiger partial charge on any atom is 0.229 e. The molecule has 0 unspecified atom stereocenters. The lowest BCUT2D eigenvalue weighted by atomic mass is 9.96. The monoisotopic (exact) mass is 514 g/mol. The van der Waals surface area contributed by atoms with Crippen molar-refractivity contribution >= 4 is 45.6 Å². The molecule has 1 fully saturated rings. The first kappa shape index (κ1) is 22.5. The van der Waals surface area contributed by atoms with Crippen LogP contribution >= 0.6 is 24.0 Å². The normalized spacial score (nSPS) is 15.3. The van der Waals surface area contributed by atoms with Gasteiger partial charge in [-0.25, -0.2) is 8.42 Å². The fourth-order valence-corrected chi connectivity index (χ4v) is 3.73. The quantitative estimate of drug-likeness (QED) is 0.302. The summed E-state index contributed by atoms with van der Waals surface area (Å²) in [6.45, 7) is 1.29. The molecule has 0 heterocycles. The van der Waals surface area contributed by atoms with Crippen LogP contribution in [0.1, 0.15) is 24.0 Å². The summed E-state index contributed by atoms with van der Waals surface area (Å²) in [5.41, 5.74) is 2.98. The number of rotatable bonds is 7. The minimum Gasteiger partial charge on any atom is -0.356 e. The highest BCUT2D eigenvalue weighted by molar-refractivity contribution is 14.0. The number of anilines is 1. The Kier molecular flexibility index (Phi) is 7.70. The predicted octanol–water partition coefficient (Wildman–Crippen LogP) is 3.07. The van der Waals surface area contributed by atoms with E-state index in [-0.39, 0.29) is 29.4 Å². The number of guanidine groups is 1. The summed E-state index contributed by atoms with van der Waals surface area (Å²) in [4.78, 5) is 4.29. The van der Waals surface area contributed by atoms with E-state index in [4.69, 9.17) is 0 Å². The van der Waals surface area contributed by atoms with Crippen molar-refractivity contribution in [1.29, 1.82) is 0 Å². The van der Waals surface area contributed by atoms with Crippen molar-refractivity contribution in [3.63, 3.8) is 0 Å². The van der Waals surface area contributed by atoms with E-state index >= 15 is 0 Å². The van der Waals surface area contributed by atoms with Gasteiger partial charge >= 0.3 is 0 Å². The second kappa shape index (κ2) is 9.60. The lowest BCUT2D eigenvalue weighted by Crippen LogP contribution is -2.41. The van der Waals surface area contributed by atoms with Crippen LogP contribution < -0.4 is 15.4 Å². The molecule has 0 amide bonds. The van der Waals surface area contributed by atoms with Crippen LogP contribution in [0.3, 0.4) is 0 Å². The van der Waals surface area contributed by atoms with Gasteiger partial charge in [0.1, 0.15) is 0 Å². The third-order valence-corrected chi connectivity index (χ3v) is 5.41. The maximum atomic E-state index is 11.5. The predicted molar refractivity (Wildman–Crippen MR) is 126 cm³/mol. The Morgan fingerprint density at radius 2 is 1.68 bits per heavy atom. The highest BCUT2D eigenvalue weighted by Crippen LogP contribution is 2.47. The fraction of sp³-hybridized carbons (Fsp3) is 0.350. The first-order chi connectivity index (χ1) is 12.9. The van der Waals surface area contributed by atoms with Crippen LogP contribution in [0.25, 0.3) is 0 Å². The number of halogens is 1. The van der Waals surface area contributed by atoms with Gasteiger partial charge in [-0.1, -0.05) is 48.5 Å². The summed E-state index contributed by atoms with van der Waals surface area (Å²) < 4.78 is 25.6. The molecule has 0 radical (unpaired) electrons. The summed E-state index contributed by atoms with van der Waals surface area (Å²) in [5.74, 6) is 0.700. The molecule has 152 valence electrons. The zero-order chi connectivity index (χ0) is 19.3. The van der Waals surface area contributed by atoms with Crippen LogP contribution in [0.5, 0.6) is 0 Å². The van der Waals surface area contributed by atoms with Gasteiger partial charge in [0.15, 0.2) is 5.96 Å². The topological polar surface area (TPSA) is 82.6 Å². The van der Waals surface area contributed by atoms with Gasteiger partial charge in [0.25, 0.3) is 0 Å². The molecular formula is C20H27IN4O2S. The zero-order valence-electron chi connectivity index (χ0n) is 16.1. The van der Waals surface area contributed by atoms with Gasteiger partial charge in [0.2, 0.25) is 10.0 Å². The molecule has 1 aliphatic carbocycles. The molecular weight excluding hydrogens is 487 g/mol. The van der Waals surface area contributed by atoms with Crippen molar-refractivity contribution in [3.8, 4) is 0 Å². The molecule has 1 aliphatic rings. The minimum absolute atomic E-state index is 0. The largest absolute Gasteiger partial charge is 0.356 e. The first-order valence-electron chi connectivity index (χ1n) is 8.98. The number of nitrogens with zero attached hydrogens (tertiary/aromatic N) is 1. The smallest absolute Gasteiger partial charge is 0.229 e.